The van der Waals surface area contributed by atoms with Crippen molar-refractivity contribution in [1.29, 1.82) is 0 Å². The minimum Gasteiger partial charge on any atom is -0.399 e. The molecule has 0 aromatic heterocycles. The van der Waals surface area contributed by atoms with Gasteiger partial charge in [0, 0.05) is 18.7 Å². The lowest BCUT2D eigenvalue weighted by molar-refractivity contribution is -0.117. The van der Waals surface area contributed by atoms with Crippen LogP contribution in [0.2, 0.25) is 0 Å². The van der Waals surface area contributed by atoms with Crippen LogP contribution in [0.3, 0.4) is 0 Å². The van der Waals surface area contributed by atoms with Crippen molar-refractivity contribution in [2.45, 2.75) is 24.7 Å². The van der Waals surface area contributed by atoms with Crippen LogP contribution in [0.1, 0.15) is 18.9 Å². The van der Waals surface area contributed by atoms with Gasteiger partial charge in [0.25, 0.3) is 0 Å². The molecule has 6 nitrogen and oxygen atoms in total. The molecule has 0 saturated heterocycles. The number of hydrogen-bond acceptors (Lipinski definition) is 4. The minimum atomic E-state index is -3.66. The molecule has 0 aliphatic rings. The van der Waals surface area contributed by atoms with Crippen molar-refractivity contribution < 1.29 is 13.2 Å². The van der Waals surface area contributed by atoms with Crippen molar-refractivity contribution in [2.24, 2.45) is 5.73 Å². The van der Waals surface area contributed by atoms with Crippen molar-refractivity contribution >= 4 is 21.6 Å². The molecule has 7 heteroatoms. The largest absolute Gasteiger partial charge is 0.399 e. The van der Waals surface area contributed by atoms with Gasteiger partial charge in [0.2, 0.25) is 15.9 Å². The Morgan fingerprint density at radius 2 is 2.06 bits per heavy atom. The molecule has 0 aliphatic carbocycles. The predicted molar refractivity (Wildman–Crippen MR) is 69.2 cm³/mol. The summed E-state index contributed by atoms with van der Waals surface area (Å²) in [5, 5.41) is 0. The van der Waals surface area contributed by atoms with E-state index in [0.29, 0.717) is 17.7 Å². The molecule has 0 aliphatic heterocycles. The Kier molecular flexibility index (Phi) is 4.69. The molecular weight excluding hydrogens is 254 g/mol. The second-order valence-electron chi connectivity index (χ2n) is 3.83. The topological polar surface area (TPSA) is 115 Å². The van der Waals surface area contributed by atoms with Crippen LogP contribution in [0.25, 0.3) is 0 Å². The van der Waals surface area contributed by atoms with Gasteiger partial charge in [-0.05, 0) is 24.1 Å². The molecule has 0 fully saturated rings. The molecule has 0 bridgehead atoms. The Hall–Kier alpha value is -1.60. The van der Waals surface area contributed by atoms with Crippen LogP contribution in [0.4, 0.5) is 5.69 Å². The van der Waals surface area contributed by atoms with Crippen molar-refractivity contribution in [1.82, 2.24) is 4.72 Å². The van der Waals surface area contributed by atoms with E-state index in [4.69, 9.17) is 11.5 Å². The quantitative estimate of drug-likeness (QED) is 0.631. The highest BCUT2D eigenvalue weighted by Crippen LogP contribution is 2.19. The fourth-order valence-corrected chi connectivity index (χ4v) is 2.87. The molecule has 1 amide bonds. The third-order valence-electron chi connectivity index (χ3n) is 2.43. The Bertz CT molecular complexity index is 540. The molecule has 100 valence electrons. The monoisotopic (exact) mass is 271 g/mol. The number of nitrogens with two attached hydrogens (primary N) is 2. The molecule has 1 aromatic rings. The molecule has 1 aromatic carbocycles. The fraction of sp³-hybridized carbons (Fsp3) is 0.364. The summed E-state index contributed by atoms with van der Waals surface area (Å²) in [5.74, 6) is -0.555. The number of anilines is 1. The van der Waals surface area contributed by atoms with Crippen molar-refractivity contribution in [3.8, 4) is 0 Å². The zero-order chi connectivity index (χ0) is 13.8. The maximum atomic E-state index is 12.0. The van der Waals surface area contributed by atoms with E-state index in [9.17, 15) is 13.2 Å². The zero-order valence-corrected chi connectivity index (χ0v) is 11.0. The highest BCUT2D eigenvalue weighted by Gasteiger charge is 2.17. The second-order valence-corrected chi connectivity index (χ2v) is 5.57. The molecule has 18 heavy (non-hydrogen) atoms. The van der Waals surface area contributed by atoms with Gasteiger partial charge in [-0.3, -0.25) is 4.79 Å². The Morgan fingerprint density at radius 3 is 2.61 bits per heavy atom. The van der Waals surface area contributed by atoms with Crippen molar-refractivity contribution in [3.63, 3.8) is 0 Å². The van der Waals surface area contributed by atoms with Crippen LogP contribution in [0.5, 0.6) is 0 Å². The van der Waals surface area contributed by atoms with Gasteiger partial charge in [0.05, 0.1) is 4.90 Å². The molecule has 0 radical (unpaired) electrons. The van der Waals surface area contributed by atoms with E-state index in [2.05, 4.69) is 4.72 Å². The number of carbonyl (C=O) groups is 1. The Balaban J connectivity index is 2.97. The van der Waals surface area contributed by atoms with Crippen molar-refractivity contribution in [2.75, 3.05) is 12.3 Å². The third kappa shape index (κ3) is 3.71. The number of amides is 1. The smallest absolute Gasteiger partial charge is 0.240 e. The van der Waals surface area contributed by atoms with Gasteiger partial charge < -0.3 is 11.5 Å². The molecule has 0 atom stereocenters. The van der Waals surface area contributed by atoms with Gasteiger partial charge in [-0.15, -0.1) is 0 Å². The molecule has 0 spiro atoms. The van der Waals surface area contributed by atoms with Gasteiger partial charge in [0.15, 0.2) is 0 Å². The first kappa shape index (κ1) is 14.5. The normalized spacial score (nSPS) is 11.4. The van der Waals surface area contributed by atoms with Crippen molar-refractivity contribution in [3.05, 3.63) is 23.8 Å². The summed E-state index contributed by atoms with van der Waals surface area (Å²) in [4.78, 5) is 10.7. The Morgan fingerprint density at radius 1 is 1.39 bits per heavy atom. The lowest BCUT2D eigenvalue weighted by Gasteiger charge is -2.10. The van der Waals surface area contributed by atoms with Crippen LogP contribution in [-0.2, 0) is 21.2 Å². The van der Waals surface area contributed by atoms with Crippen LogP contribution >= 0.6 is 0 Å². The Labute approximate surface area is 106 Å². The molecule has 0 unspecified atom stereocenters. The first-order valence-corrected chi connectivity index (χ1v) is 7.01. The van der Waals surface area contributed by atoms with Crippen LogP contribution < -0.4 is 16.2 Å². The number of carbonyl (C=O) groups excluding carboxylic acids is 1. The lowest BCUT2D eigenvalue weighted by Crippen LogP contribution is -2.28. The van der Waals surface area contributed by atoms with Gasteiger partial charge in [0.1, 0.15) is 0 Å². The molecule has 1 rings (SSSR count). The van der Waals surface area contributed by atoms with Gasteiger partial charge in [-0.1, -0.05) is 13.0 Å². The highest BCUT2D eigenvalue weighted by atomic mass is 32.2. The number of primary amides is 1. The predicted octanol–water partition coefficient (Wildman–Crippen LogP) is -0.0151. The average Bonchev–Trinajstić information content (AvgIpc) is 2.28. The minimum absolute atomic E-state index is 0.0182. The number of hydrogen-bond donors (Lipinski definition) is 3. The number of rotatable bonds is 6. The number of benzene rings is 1. The molecular formula is C11H17N3O3S. The first-order chi connectivity index (χ1) is 8.36. The van der Waals surface area contributed by atoms with Gasteiger partial charge in [-0.25, -0.2) is 13.1 Å². The summed E-state index contributed by atoms with van der Waals surface area (Å²) in [6, 6.07) is 4.74. The molecule has 0 heterocycles. The average molecular weight is 271 g/mol. The maximum Gasteiger partial charge on any atom is 0.240 e. The van der Waals surface area contributed by atoms with E-state index in [1.807, 2.05) is 6.92 Å². The van der Waals surface area contributed by atoms with E-state index in [1.165, 1.54) is 6.07 Å². The summed E-state index contributed by atoms with van der Waals surface area (Å²) in [6.45, 7) is 1.84. The molecule has 5 N–H and O–H groups in total. The summed E-state index contributed by atoms with van der Waals surface area (Å²) >= 11 is 0. The number of nitrogens with one attached hydrogen (secondary N) is 1. The fourth-order valence-electron chi connectivity index (χ4n) is 1.50. The van der Waals surface area contributed by atoms with E-state index in [-0.39, 0.29) is 17.9 Å². The van der Waals surface area contributed by atoms with E-state index in [0.717, 1.165) is 0 Å². The number of sulfonamides is 1. The summed E-state index contributed by atoms with van der Waals surface area (Å²) in [7, 11) is -3.66. The SMILES string of the molecule is CCc1ccc(N)cc1S(=O)(=O)NCCC(N)=O. The summed E-state index contributed by atoms with van der Waals surface area (Å²) in [6.07, 6.45) is 0.537. The standard InChI is InChI=1S/C11H17N3O3S/c1-2-8-3-4-9(12)7-10(8)18(16,17)14-6-5-11(13)15/h3-4,7,14H,2,5-6,12H2,1H3,(H2,13,15). The first-order valence-electron chi connectivity index (χ1n) is 5.53. The highest BCUT2D eigenvalue weighted by molar-refractivity contribution is 7.89. The number of nitrogen functional groups attached to an aromatic ring is 1. The summed E-state index contributed by atoms with van der Waals surface area (Å²) < 4.78 is 26.4. The molecule has 0 saturated carbocycles. The van der Waals surface area contributed by atoms with E-state index >= 15 is 0 Å². The zero-order valence-electron chi connectivity index (χ0n) is 10.1. The third-order valence-corrected chi connectivity index (χ3v) is 3.97. The maximum absolute atomic E-state index is 12.0. The van der Waals surface area contributed by atoms with Crippen LogP contribution in [0, 0.1) is 0 Å². The summed E-state index contributed by atoms with van der Waals surface area (Å²) in [5.41, 5.74) is 11.6. The second kappa shape index (κ2) is 5.83. The number of aryl methyl sites for hydroxylation is 1. The van der Waals surface area contributed by atoms with E-state index < -0.39 is 15.9 Å². The van der Waals surface area contributed by atoms with Gasteiger partial charge in [-0.2, -0.15) is 0 Å². The van der Waals surface area contributed by atoms with Crippen LogP contribution in [0.15, 0.2) is 23.1 Å². The van der Waals surface area contributed by atoms with Gasteiger partial charge >= 0.3 is 0 Å². The van der Waals surface area contributed by atoms with E-state index in [1.54, 1.807) is 12.1 Å². The van der Waals surface area contributed by atoms with Crippen LogP contribution in [-0.4, -0.2) is 20.9 Å². The lowest BCUT2D eigenvalue weighted by atomic mass is 10.1.